The van der Waals surface area contributed by atoms with Gasteiger partial charge in [-0.1, -0.05) is 25.1 Å². The number of halogens is 1. The average Bonchev–Trinajstić information content (AvgIpc) is 2.27. The number of nitrogens with two attached hydrogens (primary N) is 1. The van der Waals surface area contributed by atoms with Crippen molar-refractivity contribution in [3.63, 3.8) is 0 Å². The van der Waals surface area contributed by atoms with Crippen LogP contribution in [0, 0.1) is 11.2 Å². The molecule has 0 aliphatic heterocycles. The van der Waals surface area contributed by atoms with E-state index in [0.717, 1.165) is 17.1 Å². The molecule has 0 aliphatic rings. The van der Waals surface area contributed by atoms with Crippen molar-refractivity contribution in [2.75, 3.05) is 5.75 Å². The molecule has 0 spiro atoms. The molecule has 0 amide bonds. The molecular formula is C12H17FN2OS. The second-order valence-corrected chi connectivity index (χ2v) is 5.59. The molecule has 1 aromatic rings. The molecular weight excluding hydrogens is 239 g/mol. The summed E-state index contributed by atoms with van der Waals surface area (Å²) < 4.78 is 12.9. The lowest BCUT2D eigenvalue weighted by molar-refractivity contribution is 0.307. The first-order valence-electron chi connectivity index (χ1n) is 5.32. The Balaban J connectivity index is 2.48. The summed E-state index contributed by atoms with van der Waals surface area (Å²) in [6.45, 7) is 3.82. The maximum Gasteiger partial charge on any atom is 0.144 e. The topological polar surface area (TPSA) is 58.6 Å². The third-order valence-corrected chi connectivity index (χ3v) is 3.59. The minimum Gasteiger partial charge on any atom is -0.409 e. The van der Waals surface area contributed by atoms with Crippen LogP contribution in [0.1, 0.15) is 20.3 Å². The molecule has 94 valence electrons. The summed E-state index contributed by atoms with van der Waals surface area (Å²) in [4.78, 5) is 0.889. The minimum atomic E-state index is -0.352. The van der Waals surface area contributed by atoms with Gasteiger partial charge >= 0.3 is 0 Å². The minimum absolute atomic E-state index is 0.220. The van der Waals surface area contributed by atoms with E-state index in [1.807, 2.05) is 19.9 Å². The van der Waals surface area contributed by atoms with Gasteiger partial charge in [-0.05, 0) is 30.4 Å². The first-order chi connectivity index (χ1) is 7.95. The predicted octanol–water partition coefficient (Wildman–Crippen LogP) is 3.08. The second kappa shape index (κ2) is 5.91. The van der Waals surface area contributed by atoms with E-state index in [-0.39, 0.29) is 17.1 Å². The van der Waals surface area contributed by atoms with Crippen molar-refractivity contribution in [3.05, 3.63) is 30.1 Å². The Kier molecular flexibility index (Phi) is 4.81. The van der Waals surface area contributed by atoms with Gasteiger partial charge in [0.2, 0.25) is 0 Å². The van der Waals surface area contributed by atoms with Crippen LogP contribution in [-0.2, 0) is 0 Å². The Morgan fingerprint density at radius 2 is 2.24 bits per heavy atom. The first-order valence-corrected chi connectivity index (χ1v) is 6.30. The Hall–Kier alpha value is -1.23. The standard InChI is InChI=1S/C12H17FN2OS/c1-12(2,11(14)15-16)6-7-17-10-5-3-4-9(13)8-10/h3-5,8,16H,6-7H2,1-2H3,(H2,14,15). The summed E-state index contributed by atoms with van der Waals surface area (Å²) in [6, 6.07) is 6.47. The van der Waals surface area contributed by atoms with E-state index in [0.29, 0.717) is 0 Å². The summed E-state index contributed by atoms with van der Waals surface area (Å²) in [5.41, 5.74) is 5.23. The highest BCUT2D eigenvalue weighted by Crippen LogP contribution is 2.26. The van der Waals surface area contributed by atoms with Crippen molar-refractivity contribution in [3.8, 4) is 0 Å². The summed E-state index contributed by atoms with van der Waals surface area (Å²) in [5.74, 6) is 0.773. The van der Waals surface area contributed by atoms with Gasteiger partial charge < -0.3 is 10.9 Å². The van der Waals surface area contributed by atoms with Crippen LogP contribution in [0.5, 0.6) is 0 Å². The van der Waals surface area contributed by atoms with Crippen molar-refractivity contribution >= 4 is 17.6 Å². The zero-order valence-electron chi connectivity index (χ0n) is 9.98. The van der Waals surface area contributed by atoms with E-state index in [4.69, 9.17) is 10.9 Å². The van der Waals surface area contributed by atoms with Gasteiger partial charge in [0.25, 0.3) is 0 Å². The highest BCUT2D eigenvalue weighted by atomic mass is 32.2. The number of oxime groups is 1. The van der Waals surface area contributed by atoms with Crippen molar-refractivity contribution < 1.29 is 9.60 Å². The molecule has 0 bridgehead atoms. The molecule has 0 atom stereocenters. The van der Waals surface area contributed by atoms with Gasteiger partial charge in [-0.25, -0.2) is 4.39 Å². The summed E-state index contributed by atoms with van der Waals surface area (Å²) in [5, 5.41) is 11.7. The zero-order chi connectivity index (χ0) is 12.9. The Morgan fingerprint density at radius 1 is 1.53 bits per heavy atom. The van der Waals surface area contributed by atoms with Crippen LogP contribution >= 0.6 is 11.8 Å². The third kappa shape index (κ3) is 4.26. The fourth-order valence-electron chi connectivity index (χ4n) is 1.24. The molecule has 0 unspecified atom stereocenters. The monoisotopic (exact) mass is 256 g/mol. The van der Waals surface area contributed by atoms with Crippen molar-refractivity contribution in [1.82, 2.24) is 0 Å². The molecule has 0 saturated carbocycles. The molecule has 17 heavy (non-hydrogen) atoms. The number of amidine groups is 1. The number of rotatable bonds is 5. The number of nitrogens with zero attached hydrogens (tertiary/aromatic N) is 1. The van der Waals surface area contributed by atoms with E-state index in [1.54, 1.807) is 17.8 Å². The normalized spacial score (nSPS) is 12.8. The maximum absolute atomic E-state index is 12.9. The molecule has 1 aromatic carbocycles. The Labute approximate surface area is 105 Å². The van der Waals surface area contributed by atoms with E-state index < -0.39 is 0 Å². The van der Waals surface area contributed by atoms with Crippen LogP contribution in [0.2, 0.25) is 0 Å². The first kappa shape index (κ1) is 13.8. The summed E-state index contributed by atoms with van der Waals surface area (Å²) in [6.07, 6.45) is 0.754. The van der Waals surface area contributed by atoms with Crippen LogP contribution in [0.4, 0.5) is 4.39 Å². The van der Waals surface area contributed by atoms with Crippen molar-refractivity contribution in [2.45, 2.75) is 25.2 Å². The largest absolute Gasteiger partial charge is 0.409 e. The quantitative estimate of drug-likeness (QED) is 0.280. The van der Waals surface area contributed by atoms with Crippen LogP contribution in [0.3, 0.4) is 0 Å². The fraction of sp³-hybridized carbons (Fsp3) is 0.417. The SMILES string of the molecule is CC(C)(CCSc1cccc(F)c1)C(N)=NO. The van der Waals surface area contributed by atoms with E-state index >= 15 is 0 Å². The van der Waals surface area contributed by atoms with Gasteiger partial charge in [0.05, 0.1) is 0 Å². The molecule has 1 rings (SSSR count). The molecule has 5 heteroatoms. The maximum atomic E-state index is 12.9. The van der Waals surface area contributed by atoms with Crippen LogP contribution in [0.25, 0.3) is 0 Å². The molecule has 0 aromatic heterocycles. The Bertz CT molecular complexity index is 407. The van der Waals surface area contributed by atoms with Gasteiger partial charge in [0.15, 0.2) is 0 Å². The Morgan fingerprint density at radius 3 is 2.82 bits per heavy atom. The van der Waals surface area contributed by atoms with Crippen LogP contribution in [0.15, 0.2) is 34.3 Å². The molecule has 0 fully saturated rings. The lowest BCUT2D eigenvalue weighted by Crippen LogP contribution is -2.32. The van der Waals surface area contributed by atoms with E-state index in [2.05, 4.69) is 5.16 Å². The van der Waals surface area contributed by atoms with Gasteiger partial charge in [0.1, 0.15) is 11.7 Å². The molecule has 0 heterocycles. The lowest BCUT2D eigenvalue weighted by Gasteiger charge is -2.22. The number of thioether (sulfide) groups is 1. The zero-order valence-corrected chi connectivity index (χ0v) is 10.8. The molecule has 3 N–H and O–H groups in total. The van der Waals surface area contributed by atoms with Gasteiger partial charge in [-0.3, -0.25) is 0 Å². The summed E-state index contributed by atoms with van der Waals surface area (Å²) in [7, 11) is 0. The highest BCUT2D eigenvalue weighted by molar-refractivity contribution is 7.99. The van der Waals surface area contributed by atoms with Gasteiger partial charge in [0, 0.05) is 10.3 Å². The second-order valence-electron chi connectivity index (χ2n) is 4.42. The third-order valence-electron chi connectivity index (χ3n) is 2.59. The fourth-order valence-corrected chi connectivity index (χ4v) is 2.46. The van der Waals surface area contributed by atoms with Crippen molar-refractivity contribution in [2.24, 2.45) is 16.3 Å². The van der Waals surface area contributed by atoms with Crippen LogP contribution < -0.4 is 5.73 Å². The van der Waals surface area contributed by atoms with Crippen molar-refractivity contribution in [1.29, 1.82) is 0 Å². The molecule has 3 nitrogen and oxygen atoms in total. The summed E-state index contributed by atoms with van der Waals surface area (Å²) >= 11 is 1.56. The predicted molar refractivity (Wildman–Crippen MR) is 68.9 cm³/mol. The highest BCUT2D eigenvalue weighted by Gasteiger charge is 2.23. The average molecular weight is 256 g/mol. The van der Waals surface area contributed by atoms with E-state index in [9.17, 15) is 4.39 Å². The van der Waals surface area contributed by atoms with E-state index in [1.165, 1.54) is 12.1 Å². The van der Waals surface area contributed by atoms with Gasteiger partial charge in [-0.2, -0.15) is 0 Å². The molecule has 0 saturated heterocycles. The number of hydrogen-bond acceptors (Lipinski definition) is 3. The molecule has 0 radical (unpaired) electrons. The van der Waals surface area contributed by atoms with Gasteiger partial charge in [-0.15, -0.1) is 11.8 Å². The lowest BCUT2D eigenvalue weighted by atomic mass is 9.89. The van der Waals surface area contributed by atoms with Crippen LogP contribution in [-0.4, -0.2) is 16.8 Å². The number of benzene rings is 1. The number of hydrogen-bond donors (Lipinski definition) is 2. The smallest absolute Gasteiger partial charge is 0.144 e. The molecule has 0 aliphatic carbocycles.